The Balaban J connectivity index is 1.85. The van der Waals surface area contributed by atoms with Crippen LogP contribution in [0.1, 0.15) is 17.1 Å². The van der Waals surface area contributed by atoms with E-state index >= 15 is 0 Å². The van der Waals surface area contributed by atoms with Gasteiger partial charge in [-0.1, -0.05) is 12.1 Å². The van der Waals surface area contributed by atoms with Crippen LogP contribution in [0.15, 0.2) is 42.6 Å². The second-order valence-corrected chi connectivity index (χ2v) is 5.13. The van der Waals surface area contributed by atoms with Gasteiger partial charge in [0, 0.05) is 18.2 Å². The van der Waals surface area contributed by atoms with Gasteiger partial charge >= 0.3 is 5.69 Å². The van der Waals surface area contributed by atoms with Gasteiger partial charge in [0.25, 0.3) is 0 Å². The van der Waals surface area contributed by atoms with Crippen LogP contribution in [-0.4, -0.2) is 19.9 Å². The molecule has 0 saturated carbocycles. The summed E-state index contributed by atoms with van der Waals surface area (Å²) in [5.41, 5.74) is 2.51. The average molecular weight is 312 g/mol. The molecule has 0 unspecified atom stereocenters. The lowest BCUT2D eigenvalue weighted by Gasteiger charge is -2.00. The van der Waals surface area contributed by atoms with Crippen molar-refractivity contribution in [3.05, 3.63) is 75.6 Å². The molecule has 0 spiro atoms. The number of nitro benzene ring substituents is 1. The van der Waals surface area contributed by atoms with Crippen molar-refractivity contribution in [1.82, 2.24) is 15.0 Å². The highest BCUT2D eigenvalue weighted by Gasteiger charge is 2.15. The van der Waals surface area contributed by atoms with Crippen LogP contribution in [0.25, 0.3) is 11.4 Å². The van der Waals surface area contributed by atoms with Crippen LogP contribution in [-0.2, 0) is 6.42 Å². The SMILES string of the molecule is Cc1cccc(-c2cnc(Cc3ccc(F)c([N+](=O)[O-])c3)[nH]2)n1. The van der Waals surface area contributed by atoms with Gasteiger partial charge in [-0.25, -0.2) is 4.98 Å². The van der Waals surface area contributed by atoms with Crippen molar-refractivity contribution in [3.8, 4) is 11.4 Å². The monoisotopic (exact) mass is 312 g/mol. The molecule has 1 N–H and O–H groups in total. The Kier molecular flexibility index (Phi) is 3.84. The first kappa shape index (κ1) is 14.8. The summed E-state index contributed by atoms with van der Waals surface area (Å²) >= 11 is 0. The van der Waals surface area contributed by atoms with E-state index in [1.165, 1.54) is 12.1 Å². The van der Waals surface area contributed by atoms with Crippen molar-refractivity contribution >= 4 is 5.69 Å². The Hall–Kier alpha value is -3.09. The van der Waals surface area contributed by atoms with E-state index < -0.39 is 16.4 Å². The summed E-state index contributed by atoms with van der Waals surface area (Å²) in [7, 11) is 0. The number of imidazole rings is 1. The van der Waals surface area contributed by atoms with Gasteiger partial charge in [-0.3, -0.25) is 15.1 Å². The van der Waals surface area contributed by atoms with Crippen LogP contribution in [0.4, 0.5) is 10.1 Å². The molecule has 0 bridgehead atoms. The summed E-state index contributed by atoms with van der Waals surface area (Å²) in [6.07, 6.45) is 2.00. The minimum atomic E-state index is -0.845. The van der Waals surface area contributed by atoms with Crippen LogP contribution in [0, 0.1) is 22.9 Å². The Bertz CT molecular complexity index is 876. The topological polar surface area (TPSA) is 84.7 Å². The number of nitrogens with zero attached hydrogens (tertiary/aromatic N) is 3. The summed E-state index contributed by atoms with van der Waals surface area (Å²) in [5, 5.41) is 10.8. The number of rotatable bonds is 4. The number of aryl methyl sites for hydroxylation is 1. The molecule has 0 aliphatic rings. The molecular weight excluding hydrogens is 299 g/mol. The maximum atomic E-state index is 13.3. The number of halogens is 1. The number of nitro groups is 1. The molecular formula is C16H13FN4O2. The van der Waals surface area contributed by atoms with E-state index in [1.54, 1.807) is 6.20 Å². The number of pyridine rings is 1. The van der Waals surface area contributed by atoms with Gasteiger partial charge in [0.05, 0.1) is 22.5 Å². The Morgan fingerprint density at radius 3 is 2.87 bits per heavy atom. The average Bonchev–Trinajstić information content (AvgIpc) is 2.97. The predicted molar refractivity (Wildman–Crippen MR) is 82.4 cm³/mol. The van der Waals surface area contributed by atoms with Gasteiger partial charge in [0.1, 0.15) is 5.82 Å². The zero-order chi connectivity index (χ0) is 16.4. The zero-order valence-corrected chi connectivity index (χ0v) is 12.3. The number of hydrogen-bond acceptors (Lipinski definition) is 4. The highest BCUT2D eigenvalue weighted by molar-refractivity contribution is 5.53. The van der Waals surface area contributed by atoms with Crippen LogP contribution in [0.5, 0.6) is 0 Å². The van der Waals surface area contributed by atoms with E-state index in [2.05, 4.69) is 15.0 Å². The fourth-order valence-corrected chi connectivity index (χ4v) is 2.28. The first-order valence-electron chi connectivity index (χ1n) is 6.93. The van der Waals surface area contributed by atoms with Gasteiger partial charge < -0.3 is 4.98 Å². The normalized spacial score (nSPS) is 10.7. The third-order valence-corrected chi connectivity index (χ3v) is 3.37. The lowest BCUT2D eigenvalue weighted by Crippen LogP contribution is -1.96. The van der Waals surface area contributed by atoms with E-state index in [1.807, 2.05) is 25.1 Å². The van der Waals surface area contributed by atoms with Gasteiger partial charge in [-0.15, -0.1) is 0 Å². The Morgan fingerprint density at radius 2 is 2.13 bits per heavy atom. The Morgan fingerprint density at radius 1 is 1.30 bits per heavy atom. The van der Waals surface area contributed by atoms with Crippen molar-refractivity contribution in [2.45, 2.75) is 13.3 Å². The van der Waals surface area contributed by atoms with Crippen LogP contribution in [0.3, 0.4) is 0 Å². The zero-order valence-electron chi connectivity index (χ0n) is 12.3. The lowest BCUT2D eigenvalue weighted by atomic mass is 10.1. The first-order valence-corrected chi connectivity index (χ1v) is 6.93. The molecule has 2 heterocycles. The van der Waals surface area contributed by atoms with Gasteiger partial charge in [0.2, 0.25) is 5.82 Å². The van der Waals surface area contributed by atoms with E-state index in [9.17, 15) is 14.5 Å². The first-order chi connectivity index (χ1) is 11.0. The molecule has 0 radical (unpaired) electrons. The van der Waals surface area contributed by atoms with E-state index in [0.29, 0.717) is 17.8 Å². The van der Waals surface area contributed by atoms with Gasteiger partial charge in [0.15, 0.2) is 0 Å². The molecule has 0 aliphatic heterocycles. The maximum absolute atomic E-state index is 13.3. The highest BCUT2D eigenvalue weighted by Crippen LogP contribution is 2.21. The van der Waals surface area contributed by atoms with E-state index in [-0.39, 0.29) is 0 Å². The smallest absolute Gasteiger partial charge is 0.305 e. The summed E-state index contributed by atoms with van der Waals surface area (Å²) in [6, 6.07) is 9.50. The quantitative estimate of drug-likeness (QED) is 0.591. The fourth-order valence-electron chi connectivity index (χ4n) is 2.28. The largest absolute Gasteiger partial charge is 0.340 e. The van der Waals surface area contributed by atoms with Crippen molar-refractivity contribution in [1.29, 1.82) is 0 Å². The molecule has 0 fully saturated rings. The van der Waals surface area contributed by atoms with Crippen molar-refractivity contribution in [3.63, 3.8) is 0 Å². The van der Waals surface area contributed by atoms with Gasteiger partial charge in [-0.2, -0.15) is 4.39 Å². The molecule has 7 heteroatoms. The lowest BCUT2D eigenvalue weighted by molar-refractivity contribution is -0.387. The van der Waals surface area contributed by atoms with Crippen LogP contribution < -0.4 is 0 Å². The third kappa shape index (κ3) is 3.23. The van der Waals surface area contributed by atoms with Crippen molar-refractivity contribution in [2.24, 2.45) is 0 Å². The maximum Gasteiger partial charge on any atom is 0.305 e. The van der Waals surface area contributed by atoms with E-state index in [4.69, 9.17) is 0 Å². The molecule has 3 aromatic rings. The van der Waals surface area contributed by atoms with Crippen molar-refractivity contribution < 1.29 is 9.31 Å². The predicted octanol–water partition coefficient (Wildman–Crippen LogP) is 3.42. The molecule has 0 atom stereocenters. The van der Waals surface area contributed by atoms with Crippen LogP contribution >= 0.6 is 0 Å². The number of nitrogens with one attached hydrogen (secondary N) is 1. The molecule has 2 aromatic heterocycles. The number of hydrogen-bond donors (Lipinski definition) is 1. The number of aromatic amines is 1. The highest BCUT2D eigenvalue weighted by atomic mass is 19.1. The summed E-state index contributed by atoms with van der Waals surface area (Å²) in [5.74, 6) is -0.216. The number of benzene rings is 1. The molecule has 3 rings (SSSR count). The standard InChI is InChI=1S/C16H13FN4O2/c1-10-3-2-4-13(19-10)14-9-18-16(20-14)8-11-5-6-12(17)15(7-11)21(22)23/h2-7,9H,8H2,1H3,(H,18,20). The molecule has 1 aromatic carbocycles. The second kappa shape index (κ2) is 5.96. The summed E-state index contributed by atoms with van der Waals surface area (Å²) in [4.78, 5) is 21.8. The fraction of sp³-hybridized carbons (Fsp3) is 0.125. The minimum Gasteiger partial charge on any atom is -0.340 e. The Labute approximate surface area is 131 Å². The van der Waals surface area contributed by atoms with E-state index in [0.717, 1.165) is 23.1 Å². The third-order valence-electron chi connectivity index (χ3n) is 3.37. The molecule has 0 amide bonds. The second-order valence-electron chi connectivity index (χ2n) is 5.13. The molecule has 23 heavy (non-hydrogen) atoms. The van der Waals surface area contributed by atoms with Crippen molar-refractivity contribution in [2.75, 3.05) is 0 Å². The summed E-state index contributed by atoms with van der Waals surface area (Å²) < 4.78 is 13.3. The minimum absolute atomic E-state index is 0.340. The molecule has 6 nitrogen and oxygen atoms in total. The summed E-state index contributed by atoms with van der Waals surface area (Å²) in [6.45, 7) is 1.90. The molecule has 0 aliphatic carbocycles. The molecule has 0 saturated heterocycles. The molecule has 116 valence electrons. The number of aromatic nitrogens is 3. The van der Waals surface area contributed by atoms with Gasteiger partial charge in [-0.05, 0) is 30.7 Å². The number of H-pyrrole nitrogens is 1. The van der Waals surface area contributed by atoms with Crippen LogP contribution in [0.2, 0.25) is 0 Å².